The Morgan fingerprint density at radius 3 is 2.62 bits per heavy atom. The molecular weight excluding hydrogens is 284 g/mol. The van der Waals surface area contributed by atoms with Crippen LogP contribution in [0, 0.1) is 0 Å². The highest BCUT2D eigenvalue weighted by Crippen LogP contribution is 2.29. The van der Waals surface area contributed by atoms with E-state index in [4.69, 9.17) is 16.3 Å². The summed E-state index contributed by atoms with van der Waals surface area (Å²) in [6, 6.07) is 16.4. The number of fused-ring (bicyclic) bond motifs is 1. The Morgan fingerprint density at radius 2 is 1.95 bits per heavy atom. The van der Waals surface area contributed by atoms with Crippen LogP contribution in [-0.2, 0) is 5.88 Å². The summed E-state index contributed by atoms with van der Waals surface area (Å²) < 4.78 is 7.51. The van der Waals surface area contributed by atoms with E-state index >= 15 is 0 Å². The zero-order valence-electron chi connectivity index (χ0n) is 12.1. The van der Waals surface area contributed by atoms with E-state index in [0.717, 1.165) is 22.6 Å². The Hall–Kier alpha value is -2.00. The molecule has 0 bridgehead atoms. The first kappa shape index (κ1) is 14.0. The van der Waals surface area contributed by atoms with Crippen molar-refractivity contribution < 1.29 is 4.74 Å². The molecule has 1 aromatic heterocycles. The highest BCUT2D eigenvalue weighted by Gasteiger charge is 2.17. The van der Waals surface area contributed by atoms with Crippen molar-refractivity contribution in [3.63, 3.8) is 0 Å². The molecular formula is C17H17ClN2O. The Labute approximate surface area is 129 Å². The lowest BCUT2D eigenvalue weighted by Gasteiger charge is -2.17. The van der Waals surface area contributed by atoms with Gasteiger partial charge in [-0.2, -0.15) is 0 Å². The molecule has 0 aliphatic rings. The van der Waals surface area contributed by atoms with Crippen molar-refractivity contribution in [2.24, 2.45) is 0 Å². The van der Waals surface area contributed by atoms with Crippen LogP contribution in [0.3, 0.4) is 0 Å². The van der Waals surface area contributed by atoms with E-state index < -0.39 is 0 Å². The van der Waals surface area contributed by atoms with Gasteiger partial charge in [0, 0.05) is 6.07 Å². The number of alkyl halides is 1. The molecule has 3 nitrogen and oxygen atoms in total. The number of methoxy groups -OCH3 is 1. The molecule has 4 heteroatoms. The quantitative estimate of drug-likeness (QED) is 0.668. The van der Waals surface area contributed by atoms with E-state index in [0.29, 0.717) is 5.88 Å². The molecule has 0 saturated heterocycles. The number of hydrogen-bond donors (Lipinski definition) is 0. The van der Waals surface area contributed by atoms with Gasteiger partial charge in [0.15, 0.2) is 0 Å². The van der Waals surface area contributed by atoms with Crippen LogP contribution < -0.4 is 4.74 Å². The zero-order chi connectivity index (χ0) is 14.8. The van der Waals surface area contributed by atoms with Crippen LogP contribution in [0.25, 0.3) is 11.0 Å². The first-order chi connectivity index (χ1) is 10.2. The van der Waals surface area contributed by atoms with Crippen LogP contribution in [0.2, 0.25) is 0 Å². The SMILES string of the molecule is COc1ccc2nc(CCl)n(C(C)c3ccccc3)c2c1. The van der Waals surface area contributed by atoms with Crippen LogP contribution in [-0.4, -0.2) is 16.7 Å². The molecule has 21 heavy (non-hydrogen) atoms. The predicted octanol–water partition coefficient (Wildman–Crippen LogP) is 4.39. The molecule has 0 N–H and O–H groups in total. The molecule has 1 heterocycles. The summed E-state index contributed by atoms with van der Waals surface area (Å²) >= 11 is 6.09. The van der Waals surface area contributed by atoms with E-state index in [2.05, 4.69) is 28.6 Å². The minimum atomic E-state index is 0.164. The predicted molar refractivity (Wildman–Crippen MR) is 86.1 cm³/mol. The molecule has 2 aromatic carbocycles. The summed E-state index contributed by atoms with van der Waals surface area (Å²) in [6.45, 7) is 2.16. The molecule has 0 amide bonds. The fourth-order valence-corrected chi connectivity index (χ4v) is 2.85. The number of aromatic nitrogens is 2. The van der Waals surface area contributed by atoms with Crippen LogP contribution in [0.15, 0.2) is 48.5 Å². The number of ether oxygens (including phenoxy) is 1. The molecule has 3 aromatic rings. The van der Waals surface area contributed by atoms with Crippen molar-refractivity contribution in [2.45, 2.75) is 18.8 Å². The van der Waals surface area contributed by atoms with Gasteiger partial charge < -0.3 is 9.30 Å². The van der Waals surface area contributed by atoms with Gasteiger partial charge in [0.2, 0.25) is 0 Å². The molecule has 0 fully saturated rings. The molecule has 0 aliphatic carbocycles. The highest BCUT2D eigenvalue weighted by molar-refractivity contribution is 6.16. The van der Waals surface area contributed by atoms with Crippen molar-refractivity contribution in [2.75, 3.05) is 7.11 Å². The third-order valence-electron chi connectivity index (χ3n) is 3.76. The number of benzene rings is 2. The lowest BCUT2D eigenvalue weighted by molar-refractivity contribution is 0.415. The Kier molecular flexibility index (Phi) is 3.84. The minimum Gasteiger partial charge on any atom is -0.497 e. The third-order valence-corrected chi connectivity index (χ3v) is 4.00. The summed E-state index contributed by atoms with van der Waals surface area (Å²) in [4.78, 5) is 4.63. The van der Waals surface area contributed by atoms with Crippen molar-refractivity contribution >= 4 is 22.6 Å². The van der Waals surface area contributed by atoms with Crippen molar-refractivity contribution in [3.8, 4) is 5.75 Å². The summed E-state index contributed by atoms with van der Waals surface area (Å²) in [7, 11) is 1.67. The van der Waals surface area contributed by atoms with Crippen molar-refractivity contribution in [1.82, 2.24) is 9.55 Å². The maximum Gasteiger partial charge on any atom is 0.125 e. The summed E-state index contributed by atoms with van der Waals surface area (Å²) in [6.07, 6.45) is 0. The maximum atomic E-state index is 6.09. The summed E-state index contributed by atoms with van der Waals surface area (Å²) in [5.74, 6) is 2.08. The standard InChI is InChI=1S/C17H17ClN2O/c1-12(13-6-4-3-5-7-13)20-16-10-14(21-2)8-9-15(16)19-17(20)11-18/h3-10,12H,11H2,1-2H3. The molecule has 0 radical (unpaired) electrons. The lowest BCUT2D eigenvalue weighted by atomic mass is 10.1. The maximum absolute atomic E-state index is 6.09. The summed E-state index contributed by atoms with van der Waals surface area (Å²) in [5, 5.41) is 0. The Morgan fingerprint density at radius 1 is 1.19 bits per heavy atom. The van der Waals surface area contributed by atoms with E-state index in [9.17, 15) is 0 Å². The van der Waals surface area contributed by atoms with Gasteiger partial charge in [0.05, 0.1) is 30.1 Å². The first-order valence-corrected chi connectivity index (χ1v) is 7.44. The van der Waals surface area contributed by atoms with Crippen LogP contribution in [0.5, 0.6) is 5.75 Å². The van der Waals surface area contributed by atoms with E-state index in [1.807, 2.05) is 36.4 Å². The second kappa shape index (κ2) is 5.78. The molecule has 0 spiro atoms. The van der Waals surface area contributed by atoms with E-state index in [1.165, 1.54) is 5.56 Å². The summed E-state index contributed by atoms with van der Waals surface area (Å²) in [5.41, 5.74) is 3.21. The van der Waals surface area contributed by atoms with Gasteiger partial charge in [-0.3, -0.25) is 0 Å². The van der Waals surface area contributed by atoms with E-state index in [-0.39, 0.29) is 6.04 Å². The van der Waals surface area contributed by atoms with Crippen LogP contribution in [0.1, 0.15) is 24.4 Å². The van der Waals surface area contributed by atoms with Crippen molar-refractivity contribution in [3.05, 3.63) is 59.9 Å². The topological polar surface area (TPSA) is 27.1 Å². The molecule has 108 valence electrons. The fraction of sp³-hybridized carbons (Fsp3) is 0.235. The number of hydrogen-bond acceptors (Lipinski definition) is 2. The third kappa shape index (κ3) is 2.49. The van der Waals surface area contributed by atoms with Gasteiger partial charge in [0.25, 0.3) is 0 Å². The molecule has 0 saturated carbocycles. The lowest BCUT2D eigenvalue weighted by Crippen LogP contribution is -2.09. The second-order valence-electron chi connectivity index (χ2n) is 4.97. The van der Waals surface area contributed by atoms with Gasteiger partial charge in [-0.05, 0) is 24.6 Å². The van der Waals surface area contributed by atoms with Gasteiger partial charge in [-0.25, -0.2) is 4.98 Å². The monoisotopic (exact) mass is 300 g/mol. The van der Waals surface area contributed by atoms with E-state index in [1.54, 1.807) is 7.11 Å². The smallest absolute Gasteiger partial charge is 0.125 e. The van der Waals surface area contributed by atoms with Gasteiger partial charge in [0.1, 0.15) is 11.6 Å². The molecule has 3 rings (SSSR count). The zero-order valence-corrected chi connectivity index (χ0v) is 12.8. The normalized spacial score (nSPS) is 12.5. The average molecular weight is 301 g/mol. The number of nitrogens with zero attached hydrogens (tertiary/aromatic N) is 2. The fourth-order valence-electron chi connectivity index (χ4n) is 2.66. The highest BCUT2D eigenvalue weighted by atomic mass is 35.5. The van der Waals surface area contributed by atoms with Crippen LogP contribution in [0.4, 0.5) is 0 Å². The number of imidazole rings is 1. The largest absolute Gasteiger partial charge is 0.497 e. The number of rotatable bonds is 4. The van der Waals surface area contributed by atoms with Gasteiger partial charge in [-0.1, -0.05) is 30.3 Å². The van der Waals surface area contributed by atoms with Gasteiger partial charge in [-0.15, -0.1) is 11.6 Å². The molecule has 1 atom stereocenters. The van der Waals surface area contributed by atoms with Crippen molar-refractivity contribution in [1.29, 1.82) is 0 Å². The number of halogens is 1. The first-order valence-electron chi connectivity index (χ1n) is 6.90. The Bertz CT molecular complexity index is 752. The van der Waals surface area contributed by atoms with Gasteiger partial charge >= 0.3 is 0 Å². The average Bonchev–Trinajstić information content (AvgIpc) is 2.92. The minimum absolute atomic E-state index is 0.164. The second-order valence-corrected chi connectivity index (χ2v) is 5.24. The Balaban J connectivity index is 2.19. The van der Waals surface area contributed by atoms with Crippen LogP contribution >= 0.6 is 11.6 Å². The molecule has 1 unspecified atom stereocenters. The molecule has 0 aliphatic heterocycles.